The Morgan fingerprint density at radius 3 is 2.88 bits per heavy atom. The molecule has 1 heterocycles. The van der Waals surface area contributed by atoms with Crippen LogP contribution in [0.15, 0.2) is 6.20 Å². The maximum Gasteiger partial charge on any atom is 0.196 e. The van der Waals surface area contributed by atoms with Gasteiger partial charge in [0.1, 0.15) is 5.69 Å². The van der Waals surface area contributed by atoms with Crippen LogP contribution >= 0.6 is 11.6 Å². The molecule has 90 valence electrons. The van der Waals surface area contributed by atoms with Crippen LogP contribution in [0.5, 0.6) is 0 Å². The van der Waals surface area contributed by atoms with Gasteiger partial charge in [0.25, 0.3) is 0 Å². The number of nitrogens with one attached hydrogen (secondary N) is 1. The molecule has 0 unspecified atom stereocenters. The van der Waals surface area contributed by atoms with Crippen LogP contribution in [0.25, 0.3) is 0 Å². The Hall–Kier alpha value is -0.910. The van der Waals surface area contributed by atoms with Crippen molar-refractivity contribution in [2.75, 3.05) is 34.2 Å². The standard InChI is InChI=1S/C10H17ClN4O/c1-12-7-9(16)10-8(11)6-13-15(10)5-4-14(2)3/h6,12H,4-5,7H2,1-3H3. The van der Waals surface area contributed by atoms with Gasteiger partial charge in [0.2, 0.25) is 0 Å². The van der Waals surface area contributed by atoms with Gasteiger partial charge < -0.3 is 10.2 Å². The fraction of sp³-hybridized carbons (Fsp3) is 0.600. The van der Waals surface area contributed by atoms with Crippen molar-refractivity contribution in [1.82, 2.24) is 20.0 Å². The van der Waals surface area contributed by atoms with Crippen molar-refractivity contribution in [3.8, 4) is 0 Å². The Kier molecular flexibility index (Phi) is 4.92. The van der Waals surface area contributed by atoms with Gasteiger partial charge in [-0.25, -0.2) is 0 Å². The van der Waals surface area contributed by atoms with Gasteiger partial charge in [0.15, 0.2) is 5.78 Å². The van der Waals surface area contributed by atoms with Gasteiger partial charge >= 0.3 is 0 Å². The minimum atomic E-state index is -0.0382. The van der Waals surface area contributed by atoms with Crippen molar-refractivity contribution in [1.29, 1.82) is 0 Å². The molecule has 1 aromatic heterocycles. The third kappa shape index (κ3) is 3.30. The summed E-state index contributed by atoms with van der Waals surface area (Å²) in [5, 5.41) is 7.33. The first-order valence-corrected chi connectivity index (χ1v) is 5.48. The van der Waals surface area contributed by atoms with Gasteiger partial charge in [-0.05, 0) is 21.1 Å². The molecule has 0 aliphatic heterocycles. The zero-order valence-electron chi connectivity index (χ0n) is 9.83. The van der Waals surface area contributed by atoms with E-state index in [0.29, 0.717) is 17.3 Å². The van der Waals surface area contributed by atoms with Gasteiger partial charge in [-0.2, -0.15) is 5.10 Å². The summed E-state index contributed by atoms with van der Waals surface area (Å²) in [4.78, 5) is 13.8. The van der Waals surface area contributed by atoms with E-state index in [-0.39, 0.29) is 12.3 Å². The normalized spacial score (nSPS) is 11.1. The number of Topliss-reactive ketones (excluding diaryl/α,β-unsaturated/α-hetero) is 1. The molecule has 0 spiro atoms. The van der Waals surface area contributed by atoms with Crippen molar-refractivity contribution >= 4 is 17.4 Å². The fourth-order valence-corrected chi connectivity index (χ4v) is 1.59. The van der Waals surface area contributed by atoms with Crippen LogP contribution in [0, 0.1) is 0 Å². The van der Waals surface area contributed by atoms with Gasteiger partial charge in [0, 0.05) is 6.54 Å². The van der Waals surface area contributed by atoms with Crippen LogP contribution in [-0.4, -0.2) is 54.7 Å². The summed E-state index contributed by atoms with van der Waals surface area (Å²) in [6.07, 6.45) is 1.51. The number of hydrogen-bond donors (Lipinski definition) is 1. The Morgan fingerprint density at radius 2 is 2.31 bits per heavy atom. The summed E-state index contributed by atoms with van der Waals surface area (Å²) >= 11 is 5.95. The molecule has 6 heteroatoms. The number of halogens is 1. The first-order valence-electron chi connectivity index (χ1n) is 5.10. The van der Waals surface area contributed by atoms with Gasteiger partial charge in [0.05, 0.1) is 24.3 Å². The third-order valence-electron chi connectivity index (χ3n) is 2.16. The summed E-state index contributed by atoms with van der Waals surface area (Å²) in [5.74, 6) is -0.0382. The van der Waals surface area contributed by atoms with Crippen LogP contribution in [0.3, 0.4) is 0 Å². The van der Waals surface area contributed by atoms with Crippen LogP contribution < -0.4 is 5.32 Å². The molecular weight excluding hydrogens is 228 g/mol. The zero-order chi connectivity index (χ0) is 12.1. The highest BCUT2D eigenvalue weighted by atomic mass is 35.5. The number of carbonyl (C=O) groups is 1. The molecule has 1 N–H and O–H groups in total. The lowest BCUT2D eigenvalue weighted by atomic mass is 10.3. The second kappa shape index (κ2) is 5.98. The summed E-state index contributed by atoms with van der Waals surface area (Å²) in [6, 6.07) is 0. The van der Waals surface area contributed by atoms with Crippen LogP contribution in [0.2, 0.25) is 5.02 Å². The van der Waals surface area contributed by atoms with E-state index in [0.717, 1.165) is 6.54 Å². The van der Waals surface area contributed by atoms with E-state index in [9.17, 15) is 4.79 Å². The summed E-state index contributed by atoms with van der Waals surface area (Å²) < 4.78 is 1.65. The molecule has 0 fully saturated rings. The molecule has 0 aromatic carbocycles. The molecule has 1 rings (SSSR count). The number of nitrogens with zero attached hydrogens (tertiary/aromatic N) is 3. The molecule has 0 aliphatic rings. The molecule has 0 saturated carbocycles. The van der Waals surface area contributed by atoms with E-state index in [2.05, 4.69) is 10.4 Å². The molecule has 16 heavy (non-hydrogen) atoms. The number of hydrogen-bond acceptors (Lipinski definition) is 4. The van der Waals surface area contributed by atoms with Gasteiger partial charge in [-0.15, -0.1) is 0 Å². The van der Waals surface area contributed by atoms with Crippen molar-refractivity contribution in [3.63, 3.8) is 0 Å². The third-order valence-corrected chi connectivity index (χ3v) is 2.43. The Labute approximate surface area is 100 Å². The minimum absolute atomic E-state index is 0.0382. The predicted octanol–water partition coefficient (Wildman–Crippen LogP) is 0.500. The predicted molar refractivity (Wildman–Crippen MR) is 64.0 cm³/mol. The zero-order valence-corrected chi connectivity index (χ0v) is 10.6. The maximum absolute atomic E-state index is 11.8. The van der Waals surface area contributed by atoms with Crippen molar-refractivity contribution in [2.24, 2.45) is 0 Å². The highest BCUT2D eigenvalue weighted by Gasteiger charge is 2.16. The number of carbonyl (C=O) groups excluding carboxylic acids is 1. The average molecular weight is 245 g/mol. The lowest BCUT2D eigenvalue weighted by Crippen LogP contribution is -2.25. The molecule has 0 atom stereocenters. The summed E-state index contributed by atoms with van der Waals surface area (Å²) in [7, 11) is 5.67. The molecule has 0 saturated heterocycles. The number of rotatable bonds is 6. The van der Waals surface area contributed by atoms with E-state index >= 15 is 0 Å². The van der Waals surface area contributed by atoms with E-state index in [1.54, 1.807) is 11.7 Å². The Balaban J connectivity index is 2.81. The molecule has 5 nitrogen and oxygen atoms in total. The van der Waals surface area contributed by atoms with Gasteiger partial charge in [-0.3, -0.25) is 9.48 Å². The molecule has 0 aliphatic carbocycles. The van der Waals surface area contributed by atoms with E-state index in [4.69, 9.17) is 11.6 Å². The van der Waals surface area contributed by atoms with E-state index in [1.807, 2.05) is 19.0 Å². The number of likely N-dealkylation sites (N-methyl/N-ethyl adjacent to an activating group) is 2. The highest BCUT2D eigenvalue weighted by molar-refractivity contribution is 6.33. The molecule has 1 aromatic rings. The smallest absolute Gasteiger partial charge is 0.196 e. The Bertz CT molecular complexity index is 362. The second-order valence-electron chi connectivity index (χ2n) is 3.82. The fourth-order valence-electron chi connectivity index (χ4n) is 1.35. The molecular formula is C10H17ClN4O. The van der Waals surface area contributed by atoms with Gasteiger partial charge in [-0.1, -0.05) is 11.6 Å². The first-order chi connectivity index (χ1) is 7.56. The maximum atomic E-state index is 11.8. The SMILES string of the molecule is CNCC(=O)c1c(Cl)cnn1CCN(C)C. The monoisotopic (exact) mass is 244 g/mol. The summed E-state index contributed by atoms with van der Waals surface area (Å²) in [6.45, 7) is 1.75. The topological polar surface area (TPSA) is 50.2 Å². The minimum Gasteiger partial charge on any atom is -0.313 e. The largest absolute Gasteiger partial charge is 0.313 e. The van der Waals surface area contributed by atoms with Crippen molar-refractivity contribution in [3.05, 3.63) is 16.9 Å². The van der Waals surface area contributed by atoms with Crippen molar-refractivity contribution < 1.29 is 4.79 Å². The van der Waals surface area contributed by atoms with Crippen molar-refractivity contribution in [2.45, 2.75) is 6.54 Å². The van der Waals surface area contributed by atoms with E-state index in [1.165, 1.54) is 6.20 Å². The first kappa shape index (κ1) is 13.2. The number of aromatic nitrogens is 2. The highest BCUT2D eigenvalue weighted by Crippen LogP contribution is 2.15. The van der Waals surface area contributed by atoms with Crippen LogP contribution in [-0.2, 0) is 6.54 Å². The average Bonchev–Trinajstić information content (AvgIpc) is 2.57. The lowest BCUT2D eigenvalue weighted by molar-refractivity contribution is 0.0982. The molecule has 0 radical (unpaired) electrons. The number of ketones is 1. The van der Waals surface area contributed by atoms with E-state index < -0.39 is 0 Å². The second-order valence-corrected chi connectivity index (χ2v) is 4.23. The molecule has 0 bridgehead atoms. The van der Waals surface area contributed by atoms with Crippen LogP contribution in [0.4, 0.5) is 0 Å². The summed E-state index contributed by atoms with van der Waals surface area (Å²) in [5.41, 5.74) is 0.484. The van der Waals surface area contributed by atoms with Crippen LogP contribution in [0.1, 0.15) is 10.5 Å². The lowest BCUT2D eigenvalue weighted by Gasteiger charge is -2.11. The quantitative estimate of drug-likeness (QED) is 0.741. The Morgan fingerprint density at radius 1 is 1.62 bits per heavy atom. The molecule has 0 amide bonds.